The van der Waals surface area contributed by atoms with Gasteiger partial charge < -0.3 is 24.4 Å². The molecule has 0 saturated carbocycles. The van der Waals surface area contributed by atoms with Gasteiger partial charge in [0.2, 0.25) is 11.8 Å². The number of likely N-dealkylation sites (tertiary alicyclic amines) is 1. The highest BCUT2D eigenvalue weighted by atomic mass is 32.2. The number of aliphatic hydroxyl groups excluding tert-OH is 1. The lowest BCUT2D eigenvalue weighted by Gasteiger charge is -2.40. The zero-order chi connectivity index (χ0) is 27.3. The van der Waals surface area contributed by atoms with Crippen LogP contribution in [0.2, 0.25) is 0 Å². The highest BCUT2D eigenvalue weighted by Gasteiger charge is 2.76. The number of amides is 2. The summed E-state index contributed by atoms with van der Waals surface area (Å²) in [6.45, 7) is 14.5. The standard InChI is InChI=1S/C28H43N3O6S/c1-4-6-7-8-16-37-27(35)22-21-19-20(3)28(38-21)23(22)25(33)31(12-15-32)24(28)26(34)30(9-5-2)11-10-29-13-17-36-18-14-29/h4-5,20-24,32H,1-2,6-19H2,3H3/t20?,21-,22+,23+,24?,28?/m1/s1. The van der Waals surface area contributed by atoms with E-state index in [9.17, 15) is 19.5 Å². The van der Waals surface area contributed by atoms with E-state index in [0.29, 0.717) is 39.5 Å². The molecular formula is C28H43N3O6S. The molecule has 10 heteroatoms. The van der Waals surface area contributed by atoms with Crippen LogP contribution in [0.15, 0.2) is 25.3 Å². The van der Waals surface area contributed by atoms with Crippen molar-refractivity contribution in [1.82, 2.24) is 14.7 Å². The van der Waals surface area contributed by atoms with E-state index in [1.807, 2.05) is 6.08 Å². The van der Waals surface area contributed by atoms with E-state index in [1.165, 1.54) is 0 Å². The Balaban J connectivity index is 1.56. The fraction of sp³-hybridized carbons (Fsp3) is 0.750. The van der Waals surface area contributed by atoms with Gasteiger partial charge in [-0.1, -0.05) is 19.1 Å². The third-order valence-corrected chi connectivity index (χ3v) is 10.7. The van der Waals surface area contributed by atoms with Crippen molar-refractivity contribution >= 4 is 29.5 Å². The van der Waals surface area contributed by atoms with Gasteiger partial charge in [0.15, 0.2) is 0 Å². The number of hydrogen-bond acceptors (Lipinski definition) is 8. The molecule has 1 spiro atoms. The number of allylic oxidation sites excluding steroid dienone is 1. The lowest BCUT2D eigenvalue weighted by Crippen LogP contribution is -2.58. The van der Waals surface area contributed by atoms with E-state index in [2.05, 4.69) is 25.0 Å². The first-order valence-corrected chi connectivity index (χ1v) is 14.8. The Kier molecular flexibility index (Phi) is 9.95. The number of fused-ring (bicyclic) bond motifs is 1. The van der Waals surface area contributed by atoms with Gasteiger partial charge in [-0.2, -0.15) is 0 Å². The molecule has 2 amide bonds. The normalized spacial score (nSPS) is 32.3. The van der Waals surface area contributed by atoms with Crippen molar-refractivity contribution in [1.29, 1.82) is 0 Å². The second-order valence-corrected chi connectivity index (χ2v) is 12.3. The van der Waals surface area contributed by atoms with Crippen LogP contribution in [0.25, 0.3) is 0 Å². The molecule has 4 aliphatic heterocycles. The molecule has 3 unspecified atom stereocenters. The predicted octanol–water partition coefficient (Wildman–Crippen LogP) is 1.56. The average Bonchev–Trinajstić information content (AvgIpc) is 3.50. The molecule has 1 N–H and O–H groups in total. The predicted molar refractivity (Wildman–Crippen MR) is 147 cm³/mol. The molecule has 0 aliphatic carbocycles. The average molecular weight is 550 g/mol. The topological polar surface area (TPSA) is 99.6 Å². The van der Waals surface area contributed by atoms with Crippen molar-refractivity contribution in [2.75, 3.05) is 65.7 Å². The number of morpholine rings is 1. The summed E-state index contributed by atoms with van der Waals surface area (Å²) < 4.78 is 10.4. The van der Waals surface area contributed by atoms with Crippen LogP contribution >= 0.6 is 11.8 Å². The summed E-state index contributed by atoms with van der Waals surface area (Å²) in [7, 11) is 0. The summed E-state index contributed by atoms with van der Waals surface area (Å²) >= 11 is 1.63. The van der Waals surface area contributed by atoms with Crippen molar-refractivity contribution < 1.29 is 29.0 Å². The van der Waals surface area contributed by atoms with Crippen LogP contribution in [0.4, 0.5) is 0 Å². The van der Waals surface area contributed by atoms with Crippen LogP contribution < -0.4 is 0 Å². The maximum atomic E-state index is 14.3. The number of rotatable bonds is 14. The van der Waals surface area contributed by atoms with Crippen molar-refractivity contribution in [2.24, 2.45) is 17.8 Å². The summed E-state index contributed by atoms with van der Waals surface area (Å²) in [5.41, 5.74) is 0. The van der Waals surface area contributed by atoms with Gasteiger partial charge >= 0.3 is 5.97 Å². The number of thioether (sulfide) groups is 1. The first-order chi connectivity index (χ1) is 18.4. The Morgan fingerprint density at radius 1 is 1.24 bits per heavy atom. The zero-order valence-corrected chi connectivity index (χ0v) is 23.4. The second kappa shape index (κ2) is 13.0. The van der Waals surface area contributed by atoms with Crippen LogP contribution in [0.3, 0.4) is 0 Å². The second-order valence-electron chi connectivity index (χ2n) is 10.8. The number of unbranched alkanes of at least 4 members (excludes halogenated alkanes) is 2. The quantitative estimate of drug-likeness (QED) is 0.198. The van der Waals surface area contributed by atoms with Gasteiger partial charge in [0.1, 0.15) is 6.04 Å². The van der Waals surface area contributed by atoms with E-state index in [4.69, 9.17) is 9.47 Å². The van der Waals surface area contributed by atoms with Gasteiger partial charge in [-0.15, -0.1) is 24.9 Å². The van der Waals surface area contributed by atoms with Crippen molar-refractivity contribution in [3.8, 4) is 0 Å². The lowest BCUT2D eigenvalue weighted by molar-refractivity contribution is -0.154. The third-order valence-electron chi connectivity index (χ3n) is 8.59. The molecular weight excluding hydrogens is 506 g/mol. The van der Waals surface area contributed by atoms with Crippen molar-refractivity contribution in [3.63, 3.8) is 0 Å². The summed E-state index contributed by atoms with van der Waals surface area (Å²) in [6, 6.07) is -0.729. The minimum absolute atomic E-state index is 0.0487. The summed E-state index contributed by atoms with van der Waals surface area (Å²) in [6.07, 6.45) is 6.84. The number of carbonyl (C=O) groups is 3. The Bertz CT molecular complexity index is 896. The van der Waals surface area contributed by atoms with Gasteiger partial charge in [-0.25, -0.2) is 0 Å². The Hall–Kier alpha value is -1.88. The highest BCUT2D eigenvalue weighted by Crippen LogP contribution is 2.68. The van der Waals surface area contributed by atoms with Crippen molar-refractivity contribution in [2.45, 2.75) is 48.6 Å². The molecule has 2 bridgehead atoms. The van der Waals surface area contributed by atoms with Crippen LogP contribution in [0, 0.1) is 17.8 Å². The fourth-order valence-electron chi connectivity index (χ4n) is 6.78. The van der Waals surface area contributed by atoms with Gasteiger partial charge in [-0.3, -0.25) is 19.3 Å². The molecule has 0 aromatic heterocycles. The number of ether oxygens (including phenoxy) is 2. The first kappa shape index (κ1) is 29.1. The maximum absolute atomic E-state index is 14.3. The third kappa shape index (κ3) is 5.42. The minimum atomic E-state index is -0.729. The molecule has 6 atom stereocenters. The number of aliphatic hydroxyl groups is 1. The molecule has 9 nitrogen and oxygen atoms in total. The molecule has 38 heavy (non-hydrogen) atoms. The van der Waals surface area contributed by atoms with Crippen LogP contribution in [-0.2, 0) is 23.9 Å². The van der Waals surface area contributed by atoms with Gasteiger partial charge in [0, 0.05) is 44.5 Å². The van der Waals surface area contributed by atoms with Gasteiger partial charge in [-0.05, 0) is 31.6 Å². The van der Waals surface area contributed by atoms with Crippen LogP contribution in [0.1, 0.15) is 32.6 Å². The molecule has 4 rings (SSSR count). The number of hydrogen-bond donors (Lipinski definition) is 1. The minimum Gasteiger partial charge on any atom is -0.465 e. The highest BCUT2D eigenvalue weighted by molar-refractivity contribution is 8.02. The van der Waals surface area contributed by atoms with Crippen LogP contribution in [0.5, 0.6) is 0 Å². The fourth-order valence-corrected chi connectivity index (χ4v) is 9.19. The summed E-state index contributed by atoms with van der Waals surface area (Å²) in [5, 5.41) is 9.81. The van der Waals surface area contributed by atoms with Gasteiger partial charge in [0.05, 0.1) is 43.0 Å². The van der Waals surface area contributed by atoms with E-state index in [1.54, 1.807) is 27.6 Å². The Morgan fingerprint density at radius 2 is 2.00 bits per heavy atom. The molecule has 4 saturated heterocycles. The molecule has 4 aliphatic rings. The van der Waals surface area contributed by atoms with E-state index in [0.717, 1.165) is 38.8 Å². The van der Waals surface area contributed by atoms with E-state index >= 15 is 0 Å². The number of carbonyl (C=O) groups excluding carboxylic acids is 3. The van der Waals surface area contributed by atoms with E-state index < -0.39 is 22.6 Å². The molecule has 4 fully saturated rings. The molecule has 0 aromatic carbocycles. The number of β-amino-alcohol motifs (C(OH)–C–C–N with tert-alkyl or cyclic N) is 1. The zero-order valence-electron chi connectivity index (χ0n) is 22.6. The monoisotopic (exact) mass is 549 g/mol. The smallest absolute Gasteiger partial charge is 0.310 e. The summed E-state index contributed by atoms with van der Waals surface area (Å²) in [5.74, 6) is -1.78. The molecule has 0 radical (unpaired) electrons. The first-order valence-electron chi connectivity index (χ1n) is 14.0. The number of nitrogens with zero attached hydrogens (tertiary/aromatic N) is 3. The largest absolute Gasteiger partial charge is 0.465 e. The van der Waals surface area contributed by atoms with E-state index in [-0.39, 0.29) is 42.1 Å². The number of esters is 1. The lowest BCUT2D eigenvalue weighted by atomic mass is 9.66. The SMILES string of the molecule is C=CCCCCOC(=O)[C@@H]1[C@H]2C(=O)N(CCO)C(C(=O)N(CC=C)CCN3CCOCC3)C23S[C@@H]1CC3C. The summed E-state index contributed by atoms with van der Waals surface area (Å²) in [4.78, 5) is 47.1. The maximum Gasteiger partial charge on any atom is 0.310 e. The Morgan fingerprint density at radius 3 is 2.68 bits per heavy atom. The Labute approximate surface area is 230 Å². The van der Waals surface area contributed by atoms with Gasteiger partial charge in [0.25, 0.3) is 0 Å². The molecule has 212 valence electrons. The molecule has 4 heterocycles. The van der Waals surface area contributed by atoms with Crippen molar-refractivity contribution in [3.05, 3.63) is 25.3 Å². The van der Waals surface area contributed by atoms with Crippen LogP contribution in [-0.4, -0.2) is 119 Å². The molecule has 0 aromatic rings.